The van der Waals surface area contributed by atoms with E-state index < -0.39 is 0 Å². The summed E-state index contributed by atoms with van der Waals surface area (Å²) in [4.78, 5) is 12.5. The molecule has 1 unspecified atom stereocenters. The first-order valence-corrected chi connectivity index (χ1v) is 14.6. The zero-order valence-corrected chi connectivity index (χ0v) is 22.0. The van der Waals surface area contributed by atoms with Gasteiger partial charge in [0.25, 0.3) is 0 Å². The average molecular weight is 473 g/mol. The van der Waals surface area contributed by atoms with Crippen LogP contribution in [0.3, 0.4) is 0 Å². The van der Waals surface area contributed by atoms with Crippen LogP contribution in [0.2, 0.25) is 0 Å². The highest BCUT2D eigenvalue weighted by Gasteiger charge is 2.31. The lowest BCUT2D eigenvalue weighted by molar-refractivity contribution is -0.134. The van der Waals surface area contributed by atoms with E-state index in [1.807, 2.05) is 0 Å². The van der Waals surface area contributed by atoms with Crippen LogP contribution in [-0.2, 0) is 11.2 Å². The molecule has 3 rings (SSSR count). The van der Waals surface area contributed by atoms with Crippen molar-refractivity contribution >= 4 is 5.97 Å². The topological polar surface area (TPSA) is 26.3 Å². The zero-order valence-electron chi connectivity index (χ0n) is 22.0. The van der Waals surface area contributed by atoms with Gasteiger partial charge in [-0.1, -0.05) is 90.5 Å². The van der Waals surface area contributed by atoms with Crippen molar-refractivity contribution in [3.05, 3.63) is 29.6 Å². The standard InChI is InChI=1S/C31H49FO2/c1-3-5-6-7-8-12-27-19-20-29(23-30(27)32)34-31(33)21-16-25-11-9-13-28(22-25)26-17-14-24(10-4-2)15-18-26/h19-20,23-26,28H,3-18,21-22H2,1-2H3/t24-,25?,26-,28-/m0/s1. The van der Waals surface area contributed by atoms with E-state index in [4.69, 9.17) is 4.74 Å². The third-order valence-corrected chi connectivity index (χ3v) is 8.64. The third-order valence-electron chi connectivity index (χ3n) is 8.64. The molecule has 0 aliphatic heterocycles. The minimum absolute atomic E-state index is 0.214. The summed E-state index contributed by atoms with van der Waals surface area (Å²) in [5.74, 6) is 3.28. The summed E-state index contributed by atoms with van der Waals surface area (Å²) in [7, 11) is 0. The van der Waals surface area contributed by atoms with Crippen LogP contribution in [-0.4, -0.2) is 5.97 Å². The number of hydrogen-bond donors (Lipinski definition) is 0. The van der Waals surface area contributed by atoms with Crippen molar-refractivity contribution in [1.29, 1.82) is 0 Å². The normalized spacial score (nSPS) is 25.3. The summed E-state index contributed by atoms with van der Waals surface area (Å²) in [5, 5.41) is 0. The first kappa shape index (κ1) is 27.2. The van der Waals surface area contributed by atoms with Crippen molar-refractivity contribution in [3.8, 4) is 5.75 Å². The van der Waals surface area contributed by atoms with Crippen molar-refractivity contribution in [2.24, 2.45) is 23.7 Å². The minimum Gasteiger partial charge on any atom is -0.426 e. The molecule has 1 aromatic carbocycles. The molecule has 2 nitrogen and oxygen atoms in total. The van der Waals surface area contributed by atoms with Gasteiger partial charge < -0.3 is 4.74 Å². The fourth-order valence-electron chi connectivity index (χ4n) is 6.60. The Hall–Kier alpha value is -1.38. The molecule has 2 aliphatic carbocycles. The van der Waals surface area contributed by atoms with Gasteiger partial charge in [0.15, 0.2) is 0 Å². The Kier molecular flexibility index (Phi) is 11.9. The van der Waals surface area contributed by atoms with Crippen molar-refractivity contribution < 1.29 is 13.9 Å². The number of aryl methyl sites for hydroxylation is 1. The van der Waals surface area contributed by atoms with Crippen LogP contribution < -0.4 is 4.74 Å². The highest BCUT2D eigenvalue weighted by molar-refractivity contribution is 5.72. The molecule has 34 heavy (non-hydrogen) atoms. The second kappa shape index (κ2) is 14.9. The number of hydrogen-bond acceptors (Lipinski definition) is 2. The molecule has 2 saturated carbocycles. The molecule has 0 radical (unpaired) electrons. The smallest absolute Gasteiger partial charge is 0.311 e. The lowest BCUT2D eigenvalue weighted by Crippen LogP contribution is -2.27. The molecule has 0 spiro atoms. The molecule has 192 valence electrons. The van der Waals surface area contributed by atoms with Gasteiger partial charge in [0.1, 0.15) is 11.6 Å². The van der Waals surface area contributed by atoms with Crippen LogP contribution in [0.5, 0.6) is 5.75 Å². The van der Waals surface area contributed by atoms with Crippen LogP contribution in [0.25, 0.3) is 0 Å². The highest BCUT2D eigenvalue weighted by atomic mass is 19.1. The van der Waals surface area contributed by atoms with Crippen molar-refractivity contribution in [2.45, 2.75) is 129 Å². The van der Waals surface area contributed by atoms with Gasteiger partial charge in [0.2, 0.25) is 0 Å². The number of halogens is 1. The van der Waals surface area contributed by atoms with E-state index in [0.29, 0.717) is 18.1 Å². The van der Waals surface area contributed by atoms with E-state index in [2.05, 4.69) is 13.8 Å². The van der Waals surface area contributed by atoms with Gasteiger partial charge in [-0.3, -0.25) is 4.79 Å². The fourth-order valence-corrected chi connectivity index (χ4v) is 6.60. The first-order chi connectivity index (χ1) is 16.6. The van der Waals surface area contributed by atoms with E-state index in [9.17, 15) is 9.18 Å². The molecule has 0 bridgehead atoms. The van der Waals surface area contributed by atoms with Gasteiger partial charge in [-0.15, -0.1) is 0 Å². The Morgan fingerprint density at radius 1 is 0.882 bits per heavy atom. The Labute approximate surface area is 208 Å². The molecule has 0 saturated heterocycles. The lowest BCUT2D eigenvalue weighted by atomic mass is 9.67. The number of carbonyl (C=O) groups is 1. The molecule has 2 fully saturated rings. The average Bonchev–Trinajstić information content (AvgIpc) is 2.85. The van der Waals surface area contributed by atoms with Crippen molar-refractivity contribution in [2.75, 3.05) is 0 Å². The molecule has 0 aromatic heterocycles. The summed E-state index contributed by atoms with van der Waals surface area (Å²) in [6.45, 7) is 4.51. The predicted molar refractivity (Wildman–Crippen MR) is 140 cm³/mol. The summed E-state index contributed by atoms with van der Waals surface area (Å²) in [6, 6.07) is 4.94. The number of ether oxygens (including phenoxy) is 1. The molecule has 0 heterocycles. The number of carbonyl (C=O) groups excluding carboxylic acids is 1. The maximum absolute atomic E-state index is 14.4. The second-order valence-electron chi connectivity index (χ2n) is 11.3. The molecule has 2 atom stereocenters. The highest BCUT2D eigenvalue weighted by Crippen LogP contribution is 2.43. The molecule has 3 heteroatoms. The van der Waals surface area contributed by atoms with Gasteiger partial charge >= 0.3 is 5.97 Å². The van der Waals surface area contributed by atoms with Gasteiger partial charge in [-0.25, -0.2) is 4.39 Å². The third kappa shape index (κ3) is 9.00. The van der Waals surface area contributed by atoms with E-state index in [1.165, 1.54) is 89.5 Å². The Morgan fingerprint density at radius 3 is 2.41 bits per heavy atom. The molecule has 0 N–H and O–H groups in total. The molecule has 1 aromatic rings. The Morgan fingerprint density at radius 2 is 1.68 bits per heavy atom. The van der Waals surface area contributed by atoms with E-state index >= 15 is 0 Å². The molecule has 0 amide bonds. The molecular weight excluding hydrogens is 423 g/mol. The van der Waals surface area contributed by atoms with Crippen LogP contribution in [0.15, 0.2) is 18.2 Å². The van der Waals surface area contributed by atoms with E-state index in [0.717, 1.165) is 49.0 Å². The predicted octanol–water partition coefficient (Wildman–Crippen LogP) is 9.44. The Balaban J connectivity index is 1.37. The van der Waals surface area contributed by atoms with Gasteiger partial charge in [0.05, 0.1) is 0 Å². The van der Waals surface area contributed by atoms with Crippen LogP contribution in [0.1, 0.15) is 129 Å². The summed E-state index contributed by atoms with van der Waals surface area (Å²) >= 11 is 0. The largest absolute Gasteiger partial charge is 0.426 e. The van der Waals surface area contributed by atoms with Crippen molar-refractivity contribution in [1.82, 2.24) is 0 Å². The number of benzene rings is 1. The van der Waals surface area contributed by atoms with Crippen LogP contribution in [0.4, 0.5) is 4.39 Å². The second-order valence-corrected chi connectivity index (χ2v) is 11.3. The number of rotatable bonds is 13. The zero-order chi connectivity index (χ0) is 24.2. The monoisotopic (exact) mass is 472 g/mol. The van der Waals surface area contributed by atoms with Gasteiger partial charge in [0, 0.05) is 12.5 Å². The van der Waals surface area contributed by atoms with Crippen LogP contribution >= 0.6 is 0 Å². The summed E-state index contributed by atoms with van der Waals surface area (Å²) in [6.07, 6.45) is 21.6. The quantitative estimate of drug-likeness (QED) is 0.162. The fraction of sp³-hybridized carbons (Fsp3) is 0.774. The Bertz CT molecular complexity index is 722. The maximum Gasteiger partial charge on any atom is 0.311 e. The minimum atomic E-state index is -0.246. The van der Waals surface area contributed by atoms with Gasteiger partial charge in [-0.2, -0.15) is 0 Å². The number of unbranched alkanes of at least 4 members (excludes halogenated alkanes) is 4. The van der Waals surface area contributed by atoms with Crippen LogP contribution in [0, 0.1) is 29.5 Å². The maximum atomic E-state index is 14.4. The molecule has 2 aliphatic rings. The molecular formula is C31H49FO2. The van der Waals surface area contributed by atoms with E-state index in [-0.39, 0.29) is 11.8 Å². The lowest BCUT2D eigenvalue weighted by Gasteiger charge is -2.38. The van der Waals surface area contributed by atoms with Crippen molar-refractivity contribution in [3.63, 3.8) is 0 Å². The number of esters is 1. The van der Waals surface area contributed by atoms with Gasteiger partial charge in [-0.05, 0) is 73.8 Å². The summed E-state index contributed by atoms with van der Waals surface area (Å²) in [5.41, 5.74) is 0.730. The SMILES string of the molecule is CCCCCCCc1ccc(OC(=O)CCC2CCC[C@H]([C@H]3CC[C@H](CCC)CC3)C2)cc1F. The first-order valence-electron chi connectivity index (χ1n) is 14.6. The van der Waals surface area contributed by atoms with E-state index in [1.54, 1.807) is 12.1 Å². The summed E-state index contributed by atoms with van der Waals surface area (Å²) < 4.78 is 19.9.